The molecule has 1 atom stereocenters. The van der Waals surface area contributed by atoms with Crippen LogP contribution in [0.3, 0.4) is 0 Å². The van der Waals surface area contributed by atoms with Crippen molar-refractivity contribution >= 4 is 27.6 Å². The van der Waals surface area contributed by atoms with Gasteiger partial charge in [-0.25, -0.2) is 13.2 Å². The number of nitrogens with zero attached hydrogens (tertiary/aromatic N) is 1. The first-order chi connectivity index (χ1) is 15.9. The Hall–Kier alpha value is -2.87. The number of benzene rings is 2. The van der Waals surface area contributed by atoms with E-state index >= 15 is 0 Å². The summed E-state index contributed by atoms with van der Waals surface area (Å²) in [6, 6.07) is 13.1. The van der Waals surface area contributed by atoms with E-state index in [1.807, 2.05) is 25.1 Å². The highest BCUT2D eigenvalue weighted by atomic mass is 32.2. The van der Waals surface area contributed by atoms with Crippen molar-refractivity contribution in [3.8, 4) is 0 Å². The van der Waals surface area contributed by atoms with Gasteiger partial charge in [-0.1, -0.05) is 49.9 Å². The number of sulfonamides is 1. The van der Waals surface area contributed by atoms with Gasteiger partial charge in [0.05, 0.1) is 16.1 Å². The van der Waals surface area contributed by atoms with Crippen LogP contribution in [0.1, 0.15) is 61.4 Å². The van der Waals surface area contributed by atoms with Crippen LogP contribution in [0.15, 0.2) is 53.4 Å². The normalized spacial score (nSPS) is 18.9. The largest absolute Gasteiger partial charge is 0.452 e. The van der Waals surface area contributed by atoms with Gasteiger partial charge in [-0.2, -0.15) is 0 Å². The topological polar surface area (TPSA) is 92.8 Å². The number of carbonyl (C=O) groups is 2. The standard InChI is InChI=1S/C25H30N2O5S/c1-18-15-19-9-6-7-14-23(19)27(18)33(30,31)22-13-8-10-20(16-22)25(29)32-17-24(28)26-21-11-4-2-3-5-12-21/h6-10,13-14,16,18,21H,2-5,11-12,15,17H2,1H3,(H,26,28)/t18-/m0/s1. The van der Waals surface area contributed by atoms with Crippen LogP contribution in [0.25, 0.3) is 0 Å². The number of nitrogens with one attached hydrogen (secondary N) is 1. The maximum Gasteiger partial charge on any atom is 0.338 e. The van der Waals surface area contributed by atoms with Crippen molar-refractivity contribution in [3.05, 3.63) is 59.7 Å². The Kier molecular flexibility index (Phi) is 7.02. The molecule has 0 radical (unpaired) electrons. The average Bonchev–Trinajstić information content (AvgIpc) is 2.95. The molecule has 0 aromatic heterocycles. The minimum atomic E-state index is -3.86. The third-order valence-electron chi connectivity index (χ3n) is 6.33. The van der Waals surface area contributed by atoms with Crippen molar-refractivity contribution in [1.29, 1.82) is 0 Å². The van der Waals surface area contributed by atoms with Crippen LogP contribution in [0.2, 0.25) is 0 Å². The summed E-state index contributed by atoms with van der Waals surface area (Å²) in [5.74, 6) is -1.06. The molecule has 0 saturated heterocycles. The second kappa shape index (κ2) is 9.95. The first kappa shape index (κ1) is 23.3. The van der Waals surface area contributed by atoms with Crippen LogP contribution in [0.4, 0.5) is 5.69 Å². The number of rotatable bonds is 6. The molecule has 8 heteroatoms. The maximum atomic E-state index is 13.4. The lowest BCUT2D eigenvalue weighted by atomic mass is 10.1. The van der Waals surface area contributed by atoms with E-state index < -0.39 is 16.0 Å². The van der Waals surface area contributed by atoms with E-state index in [2.05, 4.69) is 5.32 Å². The second-order valence-electron chi connectivity index (χ2n) is 8.84. The van der Waals surface area contributed by atoms with Crippen LogP contribution >= 0.6 is 0 Å². The molecule has 7 nitrogen and oxygen atoms in total. The van der Waals surface area contributed by atoms with Crippen molar-refractivity contribution in [2.45, 2.75) is 68.8 Å². The average molecular weight is 471 g/mol. The van der Waals surface area contributed by atoms with Gasteiger partial charge >= 0.3 is 5.97 Å². The molecule has 1 amide bonds. The maximum absolute atomic E-state index is 13.4. The summed E-state index contributed by atoms with van der Waals surface area (Å²) in [6.45, 7) is 1.48. The van der Waals surface area contributed by atoms with Crippen molar-refractivity contribution in [3.63, 3.8) is 0 Å². The minimum Gasteiger partial charge on any atom is -0.452 e. The second-order valence-corrected chi connectivity index (χ2v) is 10.7. The molecule has 1 fully saturated rings. The predicted molar refractivity (Wildman–Crippen MR) is 126 cm³/mol. The van der Waals surface area contributed by atoms with Gasteiger partial charge in [0.15, 0.2) is 6.61 Å². The van der Waals surface area contributed by atoms with E-state index in [9.17, 15) is 18.0 Å². The molecule has 2 aromatic rings. The number of carbonyl (C=O) groups excluding carboxylic acids is 2. The molecular formula is C25H30N2O5S. The first-order valence-electron chi connectivity index (χ1n) is 11.5. The summed E-state index contributed by atoms with van der Waals surface area (Å²) >= 11 is 0. The molecule has 1 aliphatic carbocycles. The molecule has 1 saturated carbocycles. The van der Waals surface area contributed by atoms with Crippen molar-refractivity contribution in [2.24, 2.45) is 0 Å². The van der Waals surface area contributed by atoms with Crippen LogP contribution < -0.4 is 9.62 Å². The van der Waals surface area contributed by atoms with Crippen LogP contribution in [-0.4, -0.2) is 39.0 Å². The van der Waals surface area contributed by atoms with Crippen LogP contribution in [-0.2, 0) is 26.0 Å². The molecule has 1 heterocycles. The monoisotopic (exact) mass is 470 g/mol. The number of anilines is 1. The smallest absolute Gasteiger partial charge is 0.338 e. The van der Waals surface area contributed by atoms with Gasteiger partial charge in [0, 0.05) is 12.1 Å². The van der Waals surface area contributed by atoms with Gasteiger partial charge in [-0.3, -0.25) is 9.10 Å². The Bertz CT molecular complexity index is 1120. The predicted octanol–water partition coefficient (Wildman–Crippen LogP) is 3.82. The lowest BCUT2D eigenvalue weighted by molar-refractivity contribution is -0.125. The lowest BCUT2D eigenvalue weighted by Crippen LogP contribution is -2.37. The third kappa shape index (κ3) is 5.21. The summed E-state index contributed by atoms with van der Waals surface area (Å²) in [4.78, 5) is 24.8. The summed E-state index contributed by atoms with van der Waals surface area (Å²) in [7, 11) is -3.86. The first-order valence-corrected chi connectivity index (χ1v) is 13.0. The number of para-hydroxylation sites is 1. The van der Waals surface area contributed by atoms with Gasteiger partial charge in [-0.05, 0) is 56.0 Å². The van der Waals surface area contributed by atoms with Crippen molar-refractivity contribution in [2.75, 3.05) is 10.9 Å². The fourth-order valence-electron chi connectivity index (χ4n) is 4.71. The van der Waals surface area contributed by atoms with E-state index in [4.69, 9.17) is 4.74 Å². The molecular weight excluding hydrogens is 440 g/mol. The lowest BCUT2D eigenvalue weighted by Gasteiger charge is -2.24. The van der Waals surface area contributed by atoms with Crippen LogP contribution in [0, 0.1) is 0 Å². The molecule has 0 bridgehead atoms. The third-order valence-corrected chi connectivity index (χ3v) is 8.25. The van der Waals surface area contributed by atoms with E-state index in [-0.39, 0.29) is 35.1 Å². The Labute approximate surface area is 195 Å². The molecule has 176 valence electrons. The Morgan fingerprint density at radius 3 is 2.52 bits per heavy atom. The quantitative estimate of drug-likeness (QED) is 0.512. The van der Waals surface area contributed by atoms with E-state index in [1.54, 1.807) is 6.07 Å². The van der Waals surface area contributed by atoms with E-state index in [0.29, 0.717) is 12.1 Å². The van der Waals surface area contributed by atoms with Gasteiger partial charge in [0.2, 0.25) is 0 Å². The fraction of sp³-hybridized carbons (Fsp3) is 0.440. The number of esters is 1. The molecule has 0 spiro atoms. The summed E-state index contributed by atoms with van der Waals surface area (Å²) in [5.41, 5.74) is 1.73. The molecule has 2 aliphatic rings. The number of fused-ring (bicyclic) bond motifs is 1. The number of amides is 1. The highest BCUT2D eigenvalue weighted by Gasteiger charge is 2.36. The zero-order chi connectivity index (χ0) is 23.4. The molecule has 1 N–H and O–H groups in total. The Balaban J connectivity index is 1.43. The Morgan fingerprint density at radius 2 is 1.76 bits per heavy atom. The van der Waals surface area contributed by atoms with E-state index in [0.717, 1.165) is 31.2 Å². The molecule has 0 unspecified atom stereocenters. The highest BCUT2D eigenvalue weighted by molar-refractivity contribution is 7.92. The van der Waals surface area contributed by atoms with E-state index in [1.165, 1.54) is 41.4 Å². The van der Waals surface area contributed by atoms with Crippen molar-refractivity contribution in [1.82, 2.24) is 5.32 Å². The summed E-state index contributed by atoms with van der Waals surface area (Å²) in [5, 5.41) is 2.93. The highest BCUT2D eigenvalue weighted by Crippen LogP contribution is 2.36. The number of hydrogen-bond donors (Lipinski definition) is 1. The Morgan fingerprint density at radius 1 is 1.03 bits per heavy atom. The van der Waals surface area contributed by atoms with Gasteiger partial charge < -0.3 is 10.1 Å². The SMILES string of the molecule is C[C@H]1Cc2ccccc2N1S(=O)(=O)c1cccc(C(=O)OCC(=O)NC2CCCCCC2)c1. The summed E-state index contributed by atoms with van der Waals surface area (Å²) in [6.07, 6.45) is 7.06. The summed E-state index contributed by atoms with van der Waals surface area (Å²) < 4.78 is 33.4. The zero-order valence-corrected chi connectivity index (χ0v) is 19.6. The fourth-order valence-corrected chi connectivity index (χ4v) is 6.45. The zero-order valence-electron chi connectivity index (χ0n) is 18.8. The molecule has 33 heavy (non-hydrogen) atoms. The van der Waals surface area contributed by atoms with Gasteiger partial charge in [-0.15, -0.1) is 0 Å². The van der Waals surface area contributed by atoms with Gasteiger partial charge in [0.1, 0.15) is 0 Å². The minimum absolute atomic E-state index is 0.0170. The van der Waals surface area contributed by atoms with Gasteiger partial charge in [0.25, 0.3) is 15.9 Å². The molecule has 2 aromatic carbocycles. The number of hydrogen-bond acceptors (Lipinski definition) is 5. The molecule has 4 rings (SSSR count). The number of ether oxygens (including phenoxy) is 1. The van der Waals surface area contributed by atoms with Crippen molar-refractivity contribution < 1.29 is 22.7 Å². The van der Waals surface area contributed by atoms with Crippen LogP contribution in [0.5, 0.6) is 0 Å². The molecule has 1 aliphatic heterocycles.